The van der Waals surface area contributed by atoms with E-state index in [-0.39, 0.29) is 11.7 Å². The van der Waals surface area contributed by atoms with Crippen LogP contribution in [0.3, 0.4) is 0 Å². The maximum atomic E-state index is 12.0. The van der Waals surface area contributed by atoms with Gasteiger partial charge < -0.3 is 10.4 Å². The van der Waals surface area contributed by atoms with Gasteiger partial charge in [0.1, 0.15) is 5.75 Å². The molecule has 0 saturated heterocycles. The van der Waals surface area contributed by atoms with Gasteiger partial charge in [-0.25, -0.2) is 0 Å². The van der Waals surface area contributed by atoms with Gasteiger partial charge in [-0.2, -0.15) is 0 Å². The first-order valence-electron chi connectivity index (χ1n) is 6.44. The third kappa shape index (κ3) is 3.54. The van der Waals surface area contributed by atoms with E-state index in [0.717, 1.165) is 12.8 Å². The Morgan fingerprint density at radius 3 is 2.84 bits per heavy atom. The summed E-state index contributed by atoms with van der Waals surface area (Å²) in [6.07, 6.45) is 3.41. The Morgan fingerprint density at radius 1 is 1.37 bits per heavy atom. The minimum atomic E-state index is -0.249. The molecule has 0 bridgehead atoms. The third-order valence-corrected chi connectivity index (χ3v) is 4.46. The summed E-state index contributed by atoms with van der Waals surface area (Å²) in [6, 6.07) is 4.36. The van der Waals surface area contributed by atoms with E-state index in [4.69, 9.17) is 23.2 Å². The van der Waals surface area contributed by atoms with Crippen LogP contribution in [0, 0.1) is 11.8 Å². The molecule has 1 amide bonds. The van der Waals surface area contributed by atoms with Gasteiger partial charge in [-0.05, 0) is 42.9 Å². The average Bonchev–Trinajstić information content (AvgIpc) is 2.86. The van der Waals surface area contributed by atoms with Crippen molar-refractivity contribution in [1.29, 1.82) is 0 Å². The monoisotopic (exact) mass is 301 g/mol. The molecule has 3 nitrogen and oxygen atoms in total. The number of alkyl halides is 1. The second kappa shape index (κ2) is 6.49. The lowest BCUT2D eigenvalue weighted by atomic mass is 9.98. The number of rotatable bonds is 4. The number of aromatic hydroxyl groups is 1. The number of hydrogen-bond acceptors (Lipinski definition) is 2. The van der Waals surface area contributed by atoms with Crippen molar-refractivity contribution in [2.45, 2.75) is 19.3 Å². The van der Waals surface area contributed by atoms with E-state index >= 15 is 0 Å². The first kappa shape index (κ1) is 14.5. The number of phenolic OH excluding ortho intramolecular Hbond substituents is 1. The third-order valence-electron chi connectivity index (χ3n) is 3.73. The number of benzene rings is 1. The molecule has 1 aliphatic carbocycles. The van der Waals surface area contributed by atoms with Crippen molar-refractivity contribution in [1.82, 2.24) is 5.32 Å². The smallest absolute Gasteiger partial charge is 0.252 e. The molecular formula is C14H17Cl2NO2. The fourth-order valence-electron chi connectivity index (χ4n) is 2.59. The Labute approximate surface area is 122 Å². The number of halogens is 2. The van der Waals surface area contributed by atoms with Crippen LogP contribution in [0.25, 0.3) is 0 Å². The van der Waals surface area contributed by atoms with Crippen LogP contribution in [0.15, 0.2) is 18.2 Å². The number of nitrogens with one attached hydrogen (secondary N) is 1. The number of phenols is 1. The zero-order chi connectivity index (χ0) is 13.8. The van der Waals surface area contributed by atoms with Crippen molar-refractivity contribution in [3.05, 3.63) is 28.8 Å². The lowest BCUT2D eigenvalue weighted by Crippen LogP contribution is -2.31. The van der Waals surface area contributed by atoms with Crippen LogP contribution in [0.1, 0.15) is 29.6 Å². The molecule has 1 aromatic carbocycles. The number of carbonyl (C=O) groups is 1. The van der Waals surface area contributed by atoms with Gasteiger partial charge in [0.05, 0.1) is 10.6 Å². The molecule has 1 aliphatic rings. The fraction of sp³-hybridized carbons (Fsp3) is 0.500. The van der Waals surface area contributed by atoms with Crippen molar-refractivity contribution in [3.8, 4) is 5.75 Å². The first-order valence-corrected chi connectivity index (χ1v) is 7.35. The molecule has 0 heterocycles. The van der Waals surface area contributed by atoms with Crippen LogP contribution in [-0.4, -0.2) is 23.4 Å². The van der Waals surface area contributed by atoms with E-state index < -0.39 is 0 Å². The van der Waals surface area contributed by atoms with Crippen LogP contribution in [0.5, 0.6) is 5.75 Å². The molecule has 0 aliphatic heterocycles. The van der Waals surface area contributed by atoms with Crippen LogP contribution >= 0.6 is 23.2 Å². The Bertz CT molecular complexity index is 465. The van der Waals surface area contributed by atoms with Crippen molar-refractivity contribution < 1.29 is 9.90 Å². The maximum Gasteiger partial charge on any atom is 0.252 e. The van der Waals surface area contributed by atoms with Crippen LogP contribution in [0.2, 0.25) is 5.02 Å². The van der Waals surface area contributed by atoms with Crippen molar-refractivity contribution in [2.75, 3.05) is 12.4 Å². The molecule has 2 rings (SSSR count). The number of hydrogen-bond donors (Lipinski definition) is 2. The molecule has 19 heavy (non-hydrogen) atoms. The highest BCUT2D eigenvalue weighted by atomic mass is 35.5. The molecule has 1 aromatic rings. The number of carbonyl (C=O) groups excluding carboxylic acids is 1. The van der Waals surface area contributed by atoms with E-state index in [9.17, 15) is 9.90 Å². The maximum absolute atomic E-state index is 12.0. The van der Waals surface area contributed by atoms with Crippen LogP contribution in [-0.2, 0) is 0 Å². The second-order valence-corrected chi connectivity index (χ2v) is 5.70. The predicted octanol–water partition coefficient (Wildman–Crippen LogP) is 3.43. The molecule has 2 unspecified atom stereocenters. The highest BCUT2D eigenvalue weighted by molar-refractivity contribution is 6.33. The summed E-state index contributed by atoms with van der Waals surface area (Å²) < 4.78 is 0. The van der Waals surface area contributed by atoms with E-state index in [1.807, 2.05) is 0 Å². The van der Waals surface area contributed by atoms with Crippen molar-refractivity contribution in [2.24, 2.45) is 11.8 Å². The normalized spacial score (nSPS) is 22.4. The molecule has 104 valence electrons. The average molecular weight is 302 g/mol. The molecule has 0 spiro atoms. The predicted molar refractivity (Wildman–Crippen MR) is 77.0 cm³/mol. The zero-order valence-corrected chi connectivity index (χ0v) is 12.0. The lowest BCUT2D eigenvalue weighted by Gasteiger charge is -2.17. The van der Waals surface area contributed by atoms with Gasteiger partial charge in [-0.3, -0.25) is 4.79 Å². The second-order valence-electron chi connectivity index (χ2n) is 4.98. The highest BCUT2D eigenvalue weighted by Crippen LogP contribution is 2.32. The quantitative estimate of drug-likeness (QED) is 0.837. The summed E-state index contributed by atoms with van der Waals surface area (Å²) in [7, 11) is 0. The van der Waals surface area contributed by atoms with Crippen molar-refractivity contribution in [3.63, 3.8) is 0 Å². The molecule has 2 atom stereocenters. The first-order chi connectivity index (χ1) is 9.11. The molecule has 1 saturated carbocycles. The Kier molecular flexibility index (Phi) is 4.94. The summed E-state index contributed by atoms with van der Waals surface area (Å²) in [4.78, 5) is 12.0. The topological polar surface area (TPSA) is 49.3 Å². The molecule has 5 heteroatoms. The summed E-state index contributed by atoms with van der Waals surface area (Å²) in [5.74, 6) is 1.36. The van der Waals surface area contributed by atoms with E-state index in [2.05, 4.69) is 5.32 Å². The van der Waals surface area contributed by atoms with E-state index in [1.165, 1.54) is 24.6 Å². The molecule has 1 fully saturated rings. The minimum Gasteiger partial charge on any atom is -0.508 e. The van der Waals surface area contributed by atoms with E-state index in [0.29, 0.717) is 34.8 Å². The van der Waals surface area contributed by atoms with Crippen LogP contribution < -0.4 is 5.32 Å². The molecule has 2 N–H and O–H groups in total. The molecular weight excluding hydrogens is 285 g/mol. The largest absolute Gasteiger partial charge is 0.508 e. The van der Waals surface area contributed by atoms with Crippen LogP contribution in [0.4, 0.5) is 0 Å². The zero-order valence-electron chi connectivity index (χ0n) is 10.5. The van der Waals surface area contributed by atoms with Gasteiger partial charge >= 0.3 is 0 Å². The van der Waals surface area contributed by atoms with E-state index in [1.54, 1.807) is 0 Å². The van der Waals surface area contributed by atoms with Gasteiger partial charge in [0.25, 0.3) is 5.91 Å². The Morgan fingerprint density at radius 2 is 2.11 bits per heavy atom. The molecule has 0 aromatic heterocycles. The van der Waals surface area contributed by atoms with Gasteiger partial charge in [-0.15, -0.1) is 11.6 Å². The SMILES string of the molecule is O=C(NCC1CCCC1CCl)c1cc(O)ccc1Cl. The fourth-order valence-corrected chi connectivity index (χ4v) is 3.20. The van der Waals surface area contributed by atoms with Gasteiger partial charge in [0.2, 0.25) is 0 Å². The summed E-state index contributed by atoms with van der Waals surface area (Å²) in [6.45, 7) is 0.613. The summed E-state index contributed by atoms with van der Waals surface area (Å²) >= 11 is 11.9. The summed E-state index contributed by atoms with van der Waals surface area (Å²) in [5, 5.41) is 12.6. The van der Waals surface area contributed by atoms with Gasteiger partial charge in [0.15, 0.2) is 0 Å². The number of amides is 1. The Balaban J connectivity index is 1.96. The van der Waals surface area contributed by atoms with Gasteiger partial charge in [0, 0.05) is 12.4 Å². The standard InChI is InChI=1S/C14H17Cl2NO2/c15-7-9-2-1-3-10(9)8-17-14(19)12-6-11(18)4-5-13(12)16/h4-6,9-10,18H,1-3,7-8H2,(H,17,19). The van der Waals surface area contributed by atoms with Gasteiger partial charge in [-0.1, -0.05) is 18.0 Å². The summed E-state index contributed by atoms with van der Waals surface area (Å²) in [5.41, 5.74) is 0.307. The minimum absolute atomic E-state index is 0.0362. The highest BCUT2D eigenvalue weighted by Gasteiger charge is 2.26. The molecule has 0 radical (unpaired) electrons. The Hall–Kier alpha value is -0.930. The van der Waals surface area contributed by atoms with Crippen molar-refractivity contribution >= 4 is 29.1 Å². The lowest BCUT2D eigenvalue weighted by molar-refractivity contribution is 0.0944.